The first-order valence-corrected chi connectivity index (χ1v) is 5.21. The van der Waals surface area contributed by atoms with E-state index in [9.17, 15) is 0 Å². The smallest absolute Gasteiger partial charge is 0.300 e. The molecule has 0 aromatic heterocycles. The van der Waals surface area contributed by atoms with Crippen molar-refractivity contribution >= 4 is 23.9 Å². The van der Waals surface area contributed by atoms with Crippen LogP contribution >= 0.6 is 0 Å². The Labute approximate surface area is 144 Å². The lowest BCUT2D eigenvalue weighted by Gasteiger charge is -1.59. The van der Waals surface area contributed by atoms with E-state index in [0.717, 1.165) is 27.7 Å². The minimum atomic E-state index is -0.833. The lowest BCUT2D eigenvalue weighted by atomic mass is 10.9. The van der Waals surface area contributed by atoms with E-state index in [-0.39, 0.29) is 12.3 Å². The van der Waals surface area contributed by atoms with Gasteiger partial charge in [-0.3, -0.25) is 19.2 Å². The molecule has 10 heteroatoms. The number of carbonyl (C=O) groups is 4. The first-order chi connectivity index (χ1) is 9.93. The van der Waals surface area contributed by atoms with Gasteiger partial charge in [-0.05, 0) is 0 Å². The zero-order chi connectivity index (χ0) is 20.3. The van der Waals surface area contributed by atoms with Crippen molar-refractivity contribution in [3.05, 3.63) is 39.5 Å². The second-order valence-electron chi connectivity index (χ2n) is 2.08. The number of rotatable bonds is 0. The molecule has 0 aliphatic carbocycles. The molecule has 0 atom stereocenters. The number of carboxylic acid groups (broad SMARTS) is 4. The summed E-state index contributed by atoms with van der Waals surface area (Å²) in [4.78, 5) is 36.0. The van der Waals surface area contributed by atoms with Crippen molar-refractivity contribution in [3.63, 3.8) is 0 Å². The van der Waals surface area contributed by atoms with Gasteiger partial charge in [-0.25, -0.2) is 0 Å². The van der Waals surface area contributed by atoms with Crippen molar-refractivity contribution in [2.45, 2.75) is 27.7 Å². The minimum absolute atomic E-state index is 0. The monoisotopic (exact) mass is 358 g/mol. The highest BCUT2D eigenvalue weighted by atomic mass is 16.4. The van der Waals surface area contributed by atoms with E-state index in [1.807, 2.05) is 0 Å². The van der Waals surface area contributed by atoms with Crippen molar-refractivity contribution in [1.82, 2.24) is 12.3 Å². The quantitative estimate of drug-likeness (QED) is 0.347. The van der Waals surface area contributed by atoms with E-state index in [0.29, 0.717) is 0 Å². The summed E-state index contributed by atoms with van der Waals surface area (Å²) in [6.45, 7) is 22.3. The maximum atomic E-state index is 9.00. The van der Waals surface area contributed by atoms with Crippen LogP contribution in [0.1, 0.15) is 27.7 Å². The number of aliphatic carboxylic acids is 4. The van der Waals surface area contributed by atoms with Gasteiger partial charge in [0.2, 0.25) is 0 Å². The van der Waals surface area contributed by atoms with Crippen LogP contribution in [0.3, 0.4) is 0 Å². The largest absolute Gasteiger partial charge is 0.481 e. The Kier molecular flexibility index (Phi) is 216. The summed E-state index contributed by atoms with van der Waals surface area (Å²) in [5, 5.41) is 29.7. The summed E-state index contributed by atoms with van der Waals surface area (Å²) >= 11 is 0. The van der Waals surface area contributed by atoms with Gasteiger partial charge in [0.1, 0.15) is 0 Å². The third kappa shape index (κ3) is 695. The van der Waals surface area contributed by atoms with E-state index in [2.05, 4.69) is 39.5 Å². The van der Waals surface area contributed by atoms with E-state index < -0.39 is 23.9 Å². The zero-order valence-electron chi connectivity index (χ0n) is 15.1. The Morgan fingerprint density at radius 2 is 0.458 bits per heavy atom. The Hall–Kier alpha value is -2.98. The minimum Gasteiger partial charge on any atom is -0.481 e. The number of hydrogen-bond donors (Lipinski definition) is 6. The van der Waals surface area contributed by atoms with Gasteiger partial charge in [0.05, 0.1) is 0 Å². The van der Waals surface area contributed by atoms with E-state index in [1.54, 1.807) is 0 Å². The molecule has 10 nitrogen and oxygen atoms in total. The molecule has 0 aliphatic rings. The lowest BCUT2D eigenvalue weighted by molar-refractivity contribution is -0.135. The molecular formula is C14H34N2O8. The second kappa shape index (κ2) is 89.0. The molecule has 0 aromatic rings. The maximum Gasteiger partial charge on any atom is 0.300 e. The van der Waals surface area contributed by atoms with Crippen LogP contribution < -0.4 is 12.3 Å². The molecule has 0 saturated carbocycles. The number of carboxylic acids is 4. The molecule has 0 spiro atoms. The van der Waals surface area contributed by atoms with Gasteiger partial charge in [-0.1, -0.05) is 0 Å². The van der Waals surface area contributed by atoms with Gasteiger partial charge in [-0.2, -0.15) is 0 Å². The van der Waals surface area contributed by atoms with Gasteiger partial charge in [0.25, 0.3) is 23.9 Å². The average Bonchev–Trinajstić information content (AvgIpc) is 2.33. The SMILES string of the molecule is C=C.C=C.C=C.CC(=O)O.CC(=O)O.CC(=O)O.CC(=O)O.N.N. The Morgan fingerprint density at radius 3 is 0.458 bits per heavy atom. The molecule has 0 radical (unpaired) electrons. The Morgan fingerprint density at radius 1 is 0.458 bits per heavy atom. The second-order valence-corrected chi connectivity index (χ2v) is 2.08. The molecule has 10 N–H and O–H groups in total. The van der Waals surface area contributed by atoms with Crippen LogP contribution in [0.25, 0.3) is 0 Å². The summed E-state index contributed by atoms with van der Waals surface area (Å²) in [5.74, 6) is -3.33. The van der Waals surface area contributed by atoms with Crippen molar-refractivity contribution in [3.8, 4) is 0 Å². The highest BCUT2D eigenvalue weighted by molar-refractivity contribution is 5.63. The number of hydrogen-bond acceptors (Lipinski definition) is 6. The summed E-state index contributed by atoms with van der Waals surface area (Å²) < 4.78 is 0. The molecule has 0 rings (SSSR count). The first kappa shape index (κ1) is 58.3. The summed E-state index contributed by atoms with van der Waals surface area (Å²) in [6.07, 6.45) is 0. The predicted molar refractivity (Wildman–Crippen MR) is 97.0 cm³/mol. The standard InChI is InChI=1S/4C2H4O2.3C2H4.2H3N/c4*1-2(3)4;3*1-2;;/h4*1H3,(H,3,4);3*1-2H2;2*1H3. The Balaban J connectivity index is -0.0000000158. The van der Waals surface area contributed by atoms with Crippen LogP contribution in [0.2, 0.25) is 0 Å². The average molecular weight is 358 g/mol. The van der Waals surface area contributed by atoms with Crippen molar-refractivity contribution in [2.24, 2.45) is 0 Å². The molecule has 0 unspecified atom stereocenters. The van der Waals surface area contributed by atoms with Gasteiger partial charge < -0.3 is 32.7 Å². The van der Waals surface area contributed by atoms with Gasteiger partial charge >= 0.3 is 0 Å². The molecule has 148 valence electrons. The molecule has 0 heterocycles. The fourth-order valence-corrected chi connectivity index (χ4v) is 0. The fraction of sp³-hybridized carbons (Fsp3) is 0.286. The van der Waals surface area contributed by atoms with Crippen LogP contribution in [0, 0.1) is 0 Å². The molecule has 0 aromatic carbocycles. The summed E-state index contributed by atoms with van der Waals surface area (Å²) in [5.41, 5.74) is 0. The molecule has 0 saturated heterocycles. The van der Waals surface area contributed by atoms with Crippen molar-refractivity contribution in [2.75, 3.05) is 0 Å². The predicted octanol–water partition coefficient (Wildman–Crippen LogP) is 3.09. The highest BCUT2D eigenvalue weighted by Crippen LogP contribution is 1.43. The lowest BCUT2D eigenvalue weighted by Crippen LogP contribution is -1.78. The van der Waals surface area contributed by atoms with Crippen LogP contribution in [-0.4, -0.2) is 44.3 Å². The van der Waals surface area contributed by atoms with E-state index >= 15 is 0 Å². The van der Waals surface area contributed by atoms with E-state index in [4.69, 9.17) is 39.6 Å². The third-order valence-electron chi connectivity index (χ3n) is 0. The fourth-order valence-electron chi connectivity index (χ4n) is 0. The molecule has 24 heavy (non-hydrogen) atoms. The molecular weight excluding hydrogens is 324 g/mol. The normalized spacial score (nSPS) is 4.67. The van der Waals surface area contributed by atoms with Crippen molar-refractivity contribution < 1.29 is 39.6 Å². The van der Waals surface area contributed by atoms with Crippen LogP contribution in [0.15, 0.2) is 39.5 Å². The molecule has 0 amide bonds. The van der Waals surface area contributed by atoms with Gasteiger partial charge in [0, 0.05) is 27.7 Å². The molecule has 0 bridgehead atoms. The van der Waals surface area contributed by atoms with Gasteiger partial charge in [0.15, 0.2) is 0 Å². The third-order valence-corrected chi connectivity index (χ3v) is 0. The zero-order valence-corrected chi connectivity index (χ0v) is 15.1. The Bertz CT molecular complexity index is 203. The van der Waals surface area contributed by atoms with Crippen LogP contribution in [0.5, 0.6) is 0 Å². The first-order valence-electron chi connectivity index (χ1n) is 5.21. The molecule has 0 aliphatic heterocycles. The molecule has 0 fully saturated rings. The van der Waals surface area contributed by atoms with Crippen molar-refractivity contribution in [1.29, 1.82) is 0 Å². The van der Waals surface area contributed by atoms with Crippen LogP contribution in [-0.2, 0) is 19.2 Å². The van der Waals surface area contributed by atoms with E-state index in [1.165, 1.54) is 0 Å². The topological polar surface area (TPSA) is 219 Å². The van der Waals surface area contributed by atoms with Gasteiger partial charge in [-0.15, -0.1) is 39.5 Å². The highest BCUT2D eigenvalue weighted by Gasteiger charge is 1.66. The summed E-state index contributed by atoms with van der Waals surface area (Å²) in [7, 11) is 0. The summed E-state index contributed by atoms with van der Waals surface area (Å²) in [6, 6.07) is 0. The maximum absolute atomic E-state index is 9.00. The van der Waals surface area contributed by atoms with Crippen LogP contribution in [0.4, 0.5) is 0 Å².